The summed E-state index contributed by atoms with van der Waals surface area (Å²) in [6.07, 6.45) is 0.870. The number of ether oxygens (including phenoxy) is 1. The number of rotatable bonds is 7. The molecule has 4 rings (SSSR count). The minimum Gasteiger partial charge on any atom is -0.496 e. The Labute approximate surface area is 178 Å². The third-order valence-corrected chi connectivity index (χ3v) is 5.83. The van der Waals surface area contributed by atoms with E-state index in [9.17, 15) is 4.79 Å². The highest BCUT2D eigenvalue weighted by atomic mass is 16.5. The molecular weight excluding hydrogens is 372 g/mol. The first-order valence-electron chi connectivity index (χ1n) is 10.5. The number of nitrogens with zero attached hydrogens (tertiary/aromatic N) is 1. The van der Waals surface area contributed by atoms with E-state index in [1.807, 2.05) is 29.2 Å². The summed E-state index contributed by atoms with van der Waals surface area (Å²) in [5.74, 6) is 1.21. The van der Waals surface area contributed by atoms with Gasteiger partial charge in [-0.05, 0) is 29.2 Å². The normalized spacial score (nSPS) is 13.2. The predicted octanol–water partition coefficient (Wildman–Crippen LogP) is 4.00. The summed E-state index contributed by atoms with van der Waals surface area (Å²) in [5.41, 5.74) is 4.91. The zero-order chi connectivity index (χ0) is 20.8. The summed E-state index contributed by atoms with van der Waals surface area (Å²) in [4.78, 5) is 14.8. The highest BCUT2D eigenvalue weighted by Gasteiger charge is 2.23. The molecule has 0 radical (unpaired) electrons. The van der Waals surface area contributed by atoms with Crippen LogP contribution in [0.4, 0.5) is 0 Å². The van der Waals surface area contributed by atoms with Gasteiger partial charge in [0.05, 0.1) is 13.7 Å². The second-order valence-corrected chi connectivity index (χ2v) is 7.67. The molecule has 0 saturated heterocycles. The molecule has 1 N–H and O–H groups in total. The van der Waals surface area contributed by atoms with Crippen LogP contribution in [0.2, 0.25) is 0 Å². The van der Waals surface area contributed by atoms with Gasteiger partial charge >= 0.3 is 0 Å². The number of fused-ring (bicyclic) bond motifs is 1. The third-order valence-electron chi connectivity index (χ3n) is 5.83. The number of benzene rings is 3. The highest BCUT2D eigenvalue weighted by molar-refractivity contribution is 5.78. The van der Waals surface area contributed by atoms with Crippen molar-refractivity contribution in [2.45, 2.75) is 18.9 Å². The fourth-order valence-electron chi connectivity index (χ4n) is 4.19. The van der Waals surface area contributed by atoms with Gasteiger partial charge in [0.15, 0.2) is 0 Å². The molecule has 1 aliphatic heterocycles. The van der Waals surface area contributed by atoms with Gasteiger partial charge in [-0.1, -0.05) is 72.8 Å². The Morgan fingerprint density at radius 3 is 2.27 bits per heavy atom. The van der Waals surface area contributed by atoms with Gasteiger partial charge in [0.25, 0.3) is 0 Å². The fourth-order valence-corrected chi connectivity index (χ4v) is 4.19. The number of nitrogens with one attached hydrogen (secondary N) is 1. The summed E-state index contributed by atoms with van der Waals surface area (Å²) in [7, 11) is 1.69. The lowest BCUT2D eigenvalue weighted by atomic mass is 9.91. The van der Waals surface area contributed by atoms with Gasteiger partial charge in [-0.25, -0.2) is 0 Å². The summed E-state index contributed by atoms with van der Waals surface area (Å²) >= 11 is 0. The topological polar surface area (TPSA) is 41.6 Å². The SMILES string of the molecule is COc1cccc2c1CN(C(=O)CNCC(c1ccccc1)c1ccccc1)CC2. The smallest absolute Gasteiger partial charge is 0.236 e. The van der Waals surface area contributed by atoms with Crippen LogP contribution in [0.5, 0.6) is 5.75 Å². The summed E-state index contributed by atoms with van der Waals surface area (Å²) in [6, 6.07) is 27.0. The average Bonchev–Trinajstić information content (AvgIpc) is 2.82. The van der Waals surface area contributed by atoms with Crippen LogP contribution in [0.1, 0.15) is 28.2 Å². The average molecular weight is 401 g/mol. The predicted molar refractivity (Wildman–Crippen MR) is 120 cm³/mol. The Hall–Kier alpha value is -3.11. The van der Waals surface area contributed by atoms with Crippen molar-refractivity contribution < 1.29 is 9.53 Å². The molecule has 4 heteroatoms. The van der Waals surface area contributed by atoms with Crippen LogP contribution in [0.15, 0.2) is 78.9 Å². The standard InChI is InChI=1S/C26H28N2O2/c1-30-25-14-8-13-22-15-16-28(19-24(22)25)26(29)18-27-17-23(20-9-4-2-5-10-20)21-11-6-3-7-12-21/h2-14,23,27H,15-19H2,1H3. The van der Waals surface area contributed by atoms with E-state index in [2.05, 4.69) is 59.9 Å². The van der Waals surface area contributed by atoms with Crippen LogP contribution >= 0.6 is 0 Å². The van der Waals surface area contributed by atoms with E-state index >= 15 is 0 Å². The Morgan fingerprint density at radius 2 is 1.63 bits per heavy atom. The van der Waals surface area contributed by atoms with E-state index < -0.39 is 0 Å². The summed E-state index contributed by atoms with van der Waals surface area (Å²) in [6.45, 7) is 2.41. The number of hydrogen-bond donors (Lipinski definition) is 1. The van der Waals surface area contributed by atoms with Crippen molar-refractivity contribution in [3.63, 3.8) is 0 Å². The van der Waals surface area contributed by atoms with Crippen LogP contribution in [0.25, 0.3) is 0 Å². The molecular formula is C26H28N2O2. The molecule has 0 aliphatic carbocycles. The molecule has 3 aromatic carbocycles. The van der Waals surface area contributed by atoms with E-state index in [0.717, 1.165) is 24.3 Å². The Morgan fingerprint density at radius 1 is 0.967 bits per heavy atom. The van der Waals surface area contributed by atoms with Crippen molar-refractivity contribution in [2.24, 2.45) is 0 Å². The fraction of sp³-hybridized carbons (Fsp3) is 0.269. The van der Waals surface area contributed by atoms with Crippen LogP contribution in [0.3, 0.4) is 0 Å². The summed E-state index contributed by atoms with van der Waals surface area (Å²) < 4.78 is 5.50. The highest BCUT2D eigenvalue weighted by Crippen LogP contribution is 2.28. The van der Waals surface area contributed by atoms with Gasteiger partial charge in [0.1, 0.15) is 5.75 Å². The minimum absolute atomic E-state index is 0.131. The number of hydrogen-bond acceptors (Lipinski definition) is 3. The molecule has 0 spiro atoms. The van der Waals surface area contributed by atoms with Crippen molar-refractivity contribution in [1.29, 1.82) is 0 Å². The van der Waals surface area contributed by atoms with Crippen LogP contribution in [-0.4, -0.2) is 37.6 Å². The first-order chi connectivity index (χ1) is 14.8. The minimum atomic E-state index is 0.131. The maximum Gasteiger partial charge on any atom is 0.236 e. The molecule has 0 saturated carbocycles. The number of carbonyl (C=O) groups excluding carboxylic acids is 1. The van der Waals surface area contributed by atoms with Gasteiger partial charge in [-0.2, -0.15) is 0 Å². The van der Waals surface area contributed by atoms with E-state index in [1.54, 1.807) is 7.11 Å². The van der Waals surface area contributed by atoms with Gasteiger partial charge in [0.2, 0.25) is 5.91 Å². The maximum atomic E-state index is 12.9. The monoisotopic (exact) mass is 400 g/mol. The molecule has 1 heterocycles. The van der Waals surface area contributed by atoms with Crippen molar-refractivity contribution in [2.75, 3.05) is 26.7 Å². The lowest BCUT2D eigenvalue weighted by Gasteiger charge is -2.30. The molecule has 3 aromatic rings. The molecule has 0 unspecified atom stereocenters. The largest absolute Gasteiger partial charge is 0.496 e. The second kappa shape index (κ2) is 9.59. The zero-order valence-corrected chi connectivity index (χ0v) is 17.4. The van der Waals surface area contributed by atoms with Crippen LogP contribution < -0.4 is 10.1 Å². The zero-order valence-electron chi connectivity index (χ0n) is 17.4. The van der Waals surface area contributed by atoms with E-state index in [1.165, 1.54) is 16.7 Å². The molecule has 0 aromatic heterocycles. The van der Waals surface area contributed by atoms with E-state index in [4.69, 9.17) is 4.74 Å². The Kier molecular flexibility index (Phi) is 6.45. The molecule has 1 aliphatic rings. The molecule has 0 atom stereocenters. The van der Waals surface area contributed by atoms with Gasteiger partial charge in [-0.3, -0.25) is 4.79 Å². The van der Waals surface area contributed by atoms with E-state index in [0.29, 0.717) is 19.6 Å². The van der Waals surface area contributed by atoms with Gasteiger partial charge in [0, 0.05) is 31.1 Å². The van der Waals surface area contributed by atoms with Gasteiger partial charge < -0.3 is 15.0 Å². The Bertz CT molecular complexity index is 919. The first kappa shape index (κ1) is 20.2. The van der Waals surface area contributed by atoms with Crippen molar-refractivity contribution in [3.8, 4) is 5.75 Å². The lowest BCUT2D eigenvalue weighted by Crippen LogP contribution is -2.42. The molecule has 0 fully saturated rings. The van der Waals surface area contributed by atoms with Crippen molar-refractivity contribution in [1.82, 2.24) is 10.2 Å². The third kappa shape index (κ3) is 4.55. The van der Waals surface area contributed by atoms with Crippen molar-refractivity contribution in [3.05, 3.63) is 101 Å². The van der Waals surface area contributed by atoms with E-state index in [-0.39, 0.29) is 11.8 Å². The quantitative estimate of drug-likeness (QED) is 0.652. The molecule has 154 valence electrons. The number of carbonyl (C=O) groups is 1. The van der Waals surface area contributed by atoms with Crippen LogP contribution in [-0.2, 0) is 17.8 Å². The second-order valence-electron chi connectivity index (χ2n) is 7.67. The first-order valence-corrected chi connectivity index (χ1v) is 10.5. The van der Waals surface area contributed by atoms with Crippen LogP contribution in [0, 0.1) is 0 Å². The molecule has 30 heavy (non-hydrogen) atoms. The molecule has 0 bridgehead atoms. The molecule has 1 amide bonds. The van der Waals surface area contributed by atoms with Gasteiger partial charge in [-0.15, -0.1) is 0 Å². The summed E-state index contributed by atoms with van der Waals surface area (Å²) in [5, 5.41) is 3.41. The Balaban J connectivity index is 1.39. The number of methoxy groups -OCH3 is 1. The number of amides is 1. The maximum absolute atomic E-state index is 12.9. The lowest BCUT2D eigenvalue weighted by molar-refractivity contribution is -0.131. The molecule has 4 nitrogen and oxygen atoms in total. The van der Waals surface area contributed by atoms with Crippen molar-refractivity contribution >= 4 is 5.91 Å².